The lowest BCUT2D eigenvalue weighted by molar-refractivity contribution is -0.203. The molecule has 27 heavy (non-hydrogen) atoms. The SMILES string of the molecule is CC(C)Oc1ccc2cccc(C(N3NC(=O)CC3(C)C)C(F)(F)F)c2c1. The van der Waals surface area contributed by atoms with Gasteiger partial charge in [0.25, 0.3) is 0 Å². The maximum Gasteiger partial charge on any atom is 0.409 e. The molecule has 0 aliphatic carbocycles. The summed E-state index contributed by atoms with van der Waals surface area (Å²) in [6.45, 7) is 6.97. The minimum absolute atomic E-state index is 0.00601. The summed E-state index contributed by atoms with van der Waals surface area (Å²) in [5, 5.41) is 2.16. The number of hydrogen-bond acceptors (Lipinski definition) is 3. The molecule has 0 radical (unpaired) electrons. The lowest BCUT2D eigenvalue weighted by atomic mass is 9.93. The van der Waals surface area contributed by atoms with Crippen molar-refractivity contribution in [3.63, 3.8) is 0 Å². The highest BCUT2D eigenvalue weighted by Crippen LogP contribution is 2.45. The van der Waals surface area contributed by atoms with Gasteiger partial charge in [0.1, 0.15) is 5.75 Å². The Labute approximate surface area is 156 Å². The predicted octanol–water partition coefficient (Wildman–Crippen LogP) is 4.75. The van der Waals surface area contributed by atoms with Crippen LogP contribution >= 0.6 is 0 Å². The first-order valence-corrected chi connectivity index (χ1v) is 8.84. The first kappa shape index (κ1) is 19.5. The standard InChI is InChI=1S/C20H23F3N2O2/c1-12(2)27-14-9-8-13-6-5-7-15(16(13)10-14)18(20(21,22)23)25-19(3,4)11-17(26)24-25/h5-10,12,18H,11H2,1-4H3,(H,24,26). The van der Waals surface area contributed by atoms with Crippen molar-refractivity contribution >= 4 is 16.7 Å². The molecular weight excluding hydrogens is 357 g/mol. The average Bonchev–Trinajstić information content (AvgIpc) is 2.78. The summed E-state index contributed by atoms with van der Waals surface area (Å²) in [7, 11) is 0. The van der Waals surface area contributed by atoms with E-state index in [2.05, 4.69) is 5.43 Å². The number of carbonyl (C=O) groups is 1. The van der Waals surface area contributed by atoms with Crippen LogP contribution in [-0.2, 0) is 4.79 Å². The van der Waals surface area contributed by atoms with Crippen LogP contribution in [0.3, 0.4) is 0 Å². The molecule has 1 unspecified atom stereocenters. The number of amides is 1. The fraction of sp³-hybridized carbons (Fsp3) is 0.450. The minimum atomic E-state index is -4.57. The number of nitrogens with one attached hydrogen (secondary N) is 1. The Morgan fingerprint density at radius 3 is 2.44 bits per heavy atom. The second-order valence-corrected chi connectivity index (χ2v) is 7.74. The van der Waals surface area contributed by atoms with Crippen molar-refractivity contribution in [1.82, 2.24) is 10.4 Å². The Morgan fingerprint density at radius 1 is 1.19 bits per heavy atom. The second-order valence-electron chi connectivity index (χ2n) is 7.74. The van der Waals surface area contributed by atoms with E-state index in [0.717, 1.165) is 5.01 Å². The van der Waals surface area contributed by atoms with Crippen LogP contribution in [0.25, 0.3) is 10.8 Å². The molecule has 1 fully saturated rings. The van der Waals surface area contributed by atoms with E-state index in [4.69, 9.17) is 4.74 Å². The van der Waals surface area contributed by atoms with Crippen molar-refractivity contribution in [2.45, 2.75) is 58.0 Å². The van der Waals surface area contributed by atoms with E-state index in [1.54, 1.807) is 44.2 Å². The molecule has 4 nitrogen and oxygen atoms in total. The topological polar surface area (TPSA) is 41.6 Å². The number of carbonyl (C=O) groups excluding carboxylic acids is 1. The zero-order valence-corrected chi connectivity index (χ0v) is 15.7. The molecule has 146 valence electrons. The quantitative estimate of drug-likeness (QED) is 0.833. The number of alkyl halides is 3. The maximum absolute atomic E-state index is 14.1. The van der Waals surface area contributed by atoms with Crippen molar-refractivity contribution in [1.29, 1.82) is 0 Å². The molecule has 3 rings (SSSR count). The van der Waals surface area contributed by atoms with Gasteiger partial charge < -0.3 is 4.74 Å². The summed E-state index contributed by atoms with van der Waals surface area (Å²) in [6.07, 6.45) is -4.66. The van der Waals surface area contributed by atoms with Gasteiger partial charge in [0.05, 0.1) is 6.10 Å². The number of hydrogen-bond donors (Lipinski definition) is 1. The van der Waals surface area contributed by atoms with Crippen molar-refractivity contribution in [2.24, 2.45) is 0 Å². The molecule has 7 heteroatoms. The third kappa shape index (κ3) is 3.88. The van der Waals surface area contributed by atoms with E-state index in [-0.39, 0.29) is 18.1 Å². The van der Waals surface area contributed by atoms with Crippen LogP contribution in [0.2, 0.25) is 0 Å². The predicted molar refractivity (Wildman–Crippen MR) is 97.2 cm³/mol. The van der Waals surface area contributed by atoms with Gasteiger partial charge >= 0.3 is 6.18 Å². The second kappa shape index (κ2) is 6.71. The normalized spacial score (nSPS) is 18.7. The third-order valence-corrected chi connectivity index (χ3v) is 4.61. The fourth-order valence-corrected chi connectivity index (χ4v) is 3.54. The molecule has 1 amide bonds. The molecule has 0 spiro atoms. The summed E-state index contributed by atoms with van der Waals surface area (Å²) in [5.41, 5.74) is 1.52. The zero-order valence-electron chi connectivity index (χ0n) is 15.7. The molecule has 1 aliphatic rings. The first-order chi connectivity index (χ1) is 12.5. The molecule has 2 aromatic rings. The van der Waals surface area contributed by atoms with Gasteiger partial charge in [-0.25, -0.2) is 0 Å². The largest absolute Gasteiger partial charge is 0.491 e. The van der Waals surface area contributed by atoms with Gasteiger partial charge in [0.15, 0.2) is 6.04 Å². The van der Waals surface area contributed by atoms with Gasteiger partial charge in [-0.3, -0.25) is 10.2 Å². The summed E-state index contributed by atoms with van der Waals surface area (Å²) >= 11 is 0. The van der Waals surface area contributed by atoms with Crippen LogP contribution < -0.4 is 10.2 Å². The van der Waals surface area contributed by atoms with E-state index in [1.165, 1.54) is 6.07 Å². The van der Waals surface area contributed by atoms with Crippen molar-refractivity contribution in [3.05, 3.63) is 42.0 Å². The number of hydrazine groups is 1. The van der Waals surface area contributed by atoms with Crippen molar-refractivity contribution in [2.75, 3.05) is 0 Å². The van der Waals surface area contributed by atoms with Crippen molar-refractivity contribution in [3.8, 4) is 5.75 Å². The molecule has 1 aliphatic heterocycles. The molecule has 1 N–H and O–H groups in total. The highest BCUT2D eigenvalue weighted by Gasteiger charge is 2.53. The number of rotatable bonds is 4. The van der Waals surface area contributed by atoms with Gasteiger partial charge in [-0.2, -0.15) is 18.2 Å². The maximum atomic E-state index is 14.1. The van der Waals surface area contributed by atoms with E-state index in [0.29, 0.717) is 16.5 Å². The molecule has 1 heterocycles. The van der Waals surface area contributed by atoms with E-state index in [1.807, 2.05) is 13.8 Å². The van der Waals surface area contributed by atoms with Gasteiger partial charge in [-0.05, 0) is 56.2 Å². The van der Waals surface area contributed by atoms with Gasteiger partial charge in [-0.15, -0.1) is 0 Å². The summed E-state index contributed by atoms with van der Waals surface area (Å²) in [6, 6.07) is 7.99. The Kier molecular flexibility index (Phi) is 4.84. The lowest BCUT2D eigenvalue weighted by Crippen LogP contribution is -2.51. The Balaban J connectivity index is 2.17. The van der Waals surface area contributed by atoms with Crippen LogP contribution in [0.15, 0.2) is 36.4 Å². The number of fused-ring (bicyclic) bond motifs is 1. The summed E-state index contributed by atoms with van der Waals surface area (Å²) in [5.74, 6) is 0.0916. The molecule has 0 aromatic heterocycles. The van der Waals surface area contributed by atoms with Crippen LogP contribution in [0, 0.1) is 0 Å². The Hall–Kier alpha value is -2.28. The van der Waals surface area contributed by atoms with E-state index >= 15 is 0 Å². The number of benzene rings is 2. The smallest absolute Gasteiger partial charge is 0.409 e. The van der Waals surface area contributed by atoms with Crippen molar-refractivity contribution < 1.29 is 22.7 Å². The molecular formula is C20H23F3N2O2. The lowest BCUT2D eigenvalue weighted by Gasteiger charge is -2.38. The highest BCUT2D eigenvalue weighted by atomic mass is 19.4. The molecule has 1 atom stereocenters. The summed E-state index contributed by atoms with van der Waals surface area (Å²) in [4.78, 5) is 11.8. The van der Waals surface area contributed by atoms with Gasteiger partial charge in [-0.1, -0.05) is 24.3 Å². The molecule has 2 aromatic carbocycles. The Bertz CT molecular complexity index is 862. The number of nitrogens with zero attached hydrogens (tertiary/aromatic N) is 1. The minimum Gasteiger partial charge on any atom is -0.491 e. The van der Waals surface area contributed by atoms with Crippen LogP contribution in [0.1, 0.15) is 45.7 Å². The Morgan fingerprint density at radius 2 is 1.89 bits per heavy atom. The highest BCUT2D eigenvalue weighted by molar-refractivity contribution is 5.88. The van der Waals surface area contributed by atoms with Gasteiger partial charge in [0.2, 0.25) is 5.91 Å². The average molecular weight is 380 g/mol. The number of halogens is 3. The van der Waals surface area contributed by atoms with Gasteiger partial charge in [0, 0.05) is 12.0 Å². The van der Waals surface area contributed by atoms with Crippen LogP contribution in [-0.4, -0.2) is 28.7 Å². The first-order valence-electron chi connectivity index (χ1n) is 8.84. The summed E-state index contributed by atoms with van der Waals surface area (Å²) < 4.78 is 48.1. The van der Waals surface area contributed by atoms with Crippen LogP contribution in [0.5, 0.6) is 5.75 Å². The van der Waals surface area contributed by atoms with E-state index < -0.39 is 23.7 Å². The van der Waals surface area contributed by atoms with E-state index in [9.17, 15) is 18.0 Å². The third-order valence-electron chi connectivity index (χ3n) is 4.61. The number of ether oxygens (including phenoxy) is 1. The monoisotopic (exact) mass is 380 g/mol. The molecule has 1 saturated heterocycles. The zero-order chi connectivity index (χ0) is 20.0. The van der Waals surface area contributed by atoms with Crippen LogP contribution in [0.4, 0.5) is 13.2 Å². The molecule has 0 saturated carbocycles. The molecule has 0 bridgehead atoms. The fourth-order valence-electron chi connectivity index (χ4n) is 3.54.